The molecular formula is C13H14O2S. The van der Waals surface area contributed by atoms with Crippen LogP contribution in [0.1, 0.15) is 24.2 Å². The summed E-state index contributed by atoms with van der Waals surface area (Å²) in [5, 5.41) is 13.7. The van der Waals surface area contributed by atoms with Gasteiger partial charge in [-0.05, 0) is 35.4 Å². The van der Waals surface area contributed by atoms with Crippen LogP contribution in [0, 0.1) is 0 Å². The molecule has 2 nitrogen and oxygen atoms in total. The molecule has 0 aliphatic heterocycles. The Bertz CT molecular complexity index is 435. The molecule has 2 aromatic rings. The maximum atomic E-state index is 9.58. The van der Waals surface area contributed by atoms with Crippen LogP contribution in [0.3, 0.4) is 0 Å². The maximum Gasteiger partial charge on any atom is 0.125 e. The van der Waals surface area contributed by atoms with Gasteiger partial charge in [-0.25, -0.2) is 0 Å². The second-order valence-corrected chi connectivity index (χ2v) is 4.41. The number of benzene rings is 1. The first-order chi connectivity index (χ1) is 7.77. The van der Waals surface area contributed by atoms with E-state index in [4.69, 9.17) is 4.74 Å². The Hall–Kier alpha value is -1.32. The highest BCUT2D eigenvalue weighted by molar-refractivity contribution is 7.07. The van der Waals surface area contributed by atoms with Gasteiger partial charge in [-0.15, -0.1) is 0 Å². The van der Waals surface area contributed by atoms with Crippen molar-refractivity contribution in [3.63, 3.8) is 0 Å². The normalized spacial score (nSPS) is 12.4. The number of ether oxygens (including phenoxy) is 1. The molecule has 1 atom stereocenters. The molecule has 1 unspecified atom stereocenters. The summed E-state index contributed by atoms with van der Waals surface area (Å²) in [7, 11) is 0. The van der Waals surface area contributed by atoms with Gasteiger partial charge >= 0.3 is 0 Å². The summed E-state index contributed by atoms with van der Waals surface area (Å²) in [6, 6.07) is 9.62. The van der Waals surface area contributed by atoms with E-state index in [9.17, 15) is 5.11 Å². The minimum absolute atomic E-state index is 0.501. The third-order valence-corrected chi connectivity index (χ3v) is 3.08. The minimum atomic E-state index is -0.501. The molecule has 2 rings (SSSR count). The van der Waals surface area contributed by atoms with Crippen molar-refractivity contribution in [1.29, 1.82) is 0 Å². The molecule has 0 saturated carbocycles. The highest BCUT2D eigenvalue weighted by Gasteiger charge is 2.07. The summed E-state index contributed by atoms with van der Waals surface area (Å²) in [6.45, 7) is 2.29. The molecular weight excluding hydrogens is 220 g/mol. The lowest BCUT2D eigenvalue weighted by Gasteiger charge is -2.12. The van der Waals surface area contributed by atoms with Crippen molar-refractivity contribution in [3.8, 4) is 5.75 Å². The molecule has 0 aliphatic carbocycles. The van der Waals surface area contributed by atoms with Crippen molar-refractivity contribution in [3.05, 3.63) is 52.2 Å². The third kappa shape index (κ3) is 2.62. The molecule has 16 heavy (non-hydrogen) atoms. The summed E-state index contributed by atoms with van der Waals surface area (Å²) in [5.74, 6) is 0.753. The van der Waals surface area contributed by atoms with Gasteiger partial charge in [-0.2, -0.15) is 11.3 Å². The first-order valence-corrected chi connectivity index (χ1v) is 6.12. The van der Waals surface area contributed by atoms with Gasteiger partial charge in [0.1, 0.15) is 12.4 Å². The Morgan fingerprint density at radius 2 is 2.12 bits per heavy atom. The van der Waals surface area contributed by atoms with Gasteiger partial charge in [-0.1, -0.05) is 18.2 Å². The van der Waals surface area contributed by atoms with Crippen LogP contribution < -0.4 is 4.74 Å². The van der Waals surface area contributed by atoms with E-state index in [1.165, 1.54) is 0 Å². The predicted molar refractivity (Wildman–Crippen MR) is 65.7 cm³/mol. The molecule has 1 aromatic heterocycles. The van der Waals surface area contributed by atoms with E-state index in [0.29, 0.717) is 6.61 Å². The highest BCUT2D eigenvalue weighted by Crippen LogP contribution is 2.25. The van der Waals surface area contributed by atoms with Gasteiger partial charge in [0.15, 0.2) is 0 Å². The fourth-order valence-corrected chi connectivity index (χ4v) is 2.15. The van der Waals surface area contributed by atoms with Crippen LogP contribution in [0.25, 0.3) is 0 Å². The molecule has 0 bridgehead atoms. The first-order valence-electron chi connectivity index (χ1n) is 5.18. The zero-order valence-electron chi connectivity index (χ0n) is 9.09. The van der Waals surface area contributed by atoms with Gasteiger partial charge in [-0.3, -0.25) is 0 Å². The second-order valence-electron chi connectivity index (χ2n) is 3.63. The Morgan fingerprint density at radius 3 is 2.81 bits per heavy atom. The molecule has 1 N–H and O–H groups in total. The SMILES string of the molecule is CC(O)c1ccccc1OCc1ccsc1. The van der Waals surface area contributed by atoms with Crippen LogP contribution in [-0.4, -0.2) is 5.11 Å². The minimum Gasteiger partial charge on any atom is -0.488 e. The Morgan fingerprint density at radius 1 is 1.31 bits per heavy atom. The molecule has 0 amide bonds. The van der Waals surface area contributed by atoms with Gasteiger partial charge in [0, 0.05) is 5.56 Å². The smallest absolute Gasteiger partial charge is 0.125 e. The monoisotopic (exact) mass is 234 g/mol. The zero-order chi connectivity index (χ0) is 11.4. The Balaban J connectivity index is 2.09. The lowest BCUT2D eigenvalue weighted by Crippen LogP contribution is -1.99. The molecule has 0 aliphatic rings. The molecule has 1 aromatic carbocycles. The van der Waals surface area contributed by atoms with Crippen LogP contribution in [0.4, 0.5) is 0 Å². The van der Waals surface area contributed by atoms with Crippen LogP contribution in [-0.2, 0) is 6.61 Å². The van der Waals surface area contributed by atoms with Crippen LogP contribution in [0.15, 0.2) is 41.1 Å². The molecule has 0 fully saturated rings. The van der Waals surface area contributed by atoms with E-state index in [0.717, 1.165) is 16.9 Å². The number of hydrogen-bond donors (Lipinski definition) is 1. The van der Waals surface area contributed by atoms with Crippen molar-refractivity contribution in [2.45, 2.75) is 19.6 Å². The number of aliphatic hydroxyl groups excluding tert-OH is 1. The Labute approximate surface area is 99.1 Å². The number of aliphatic hydroxyl groups is 1. The van der Waals surface area contributed by atoms with E-state index in [-0.39, 0.29) is 0 Å². The predicted octanol–water partition coefficient (Wildman–Crippen LogP) is 3.38. The number of hydrogen-bond acceptors (Lipinski definition) is 3. The topological polar surface area (TPSA) is 29.5 Å². The largest absolute Gasteiger partial charge is 0.488 e. The van der Waals surface area contributed by atoms with Crippen molar-refractivity contribution in [2.24, 2.45) is 0 Å². The van der Waals surface area contributed by atoms with Crippen LogP contribution in [0.5, 0.6) is 5.75 Å². The van der Waals surface area contributed by atoms with Crippen molar-refractivity contribution >= 4 is 11.3 Å². The highest BCUT2D eigenvalue weighted by atomic mass is 32.1. The van der Waals surface area contributed by atoms with Crippen molar-refractivity contribution < 1.29 is 9.84 Å². The van der Waals surface area contributed by atoms with Gasteiger partial charge in [0.25, 0.3) is 0 Å². The first kappa shape index (κ1) is 11.2. The number of rotatable bonds is 4. The Kier molecular flexibility index (Phi) is 3.59. The lowest BCUT2D eigenvalue weighted by molar-refractivity contribution is 0.190. The molecule has 0 saturated heterocycles. The average Bonchev–Trinajstić information content (AvgIpc) is 2.79. The number of para-hydroxylation sites is 1. The van der Waals surface area contributed by atoms with E-state index in [2.05, 4.69) is 5.38 Å². The standard InChI is InChI=1S/C13H14O2S/c1-10(14)12-4-2-3-5-13(12)15-8-11-6-7-16-9-11/h2-7,9-10,14H,8H2,1H3. The average molecular weight is 234 g/mol. The summed E-state index contributed by atoms with van der Waals surface area (Å²) in [5.41, 5.74) is 1.99. The second kappa shape index (κ2) is 5.14. The quantitative estimate of drug-likeness (QED) is 0.878. The van der Waals surface area contributed by atoms with E-state index >= 15 is 0 Å². The lowest BCUT2D eigenvalue weighted by atomic mass is 10.1. The van der Waals surface area contributed by atoms with Gasteiger partial charge in [0.2, 0.25) is 0 Å². The maximum absolute atomic E-state index is 9.58. The zero-order valence-corrected chi connectivity index (χ0v) is 9.91. The fraction of sp³-hybridized carbons (Fsp3) is 0.231. The summed E-state index contributed by atoms with van der Waals surface area (Å²) in [6.07, 6.45) is -0.501. The molecule has 84 valence electrons. The summed E-state index contributed by atoms with van der Waals surface area (Å²) < 4.78 is 5.69. The summed E-state index contributed by atoms with van der Waals surface area (Å²) in [4.78, 5) is 0. The van der Waals surface area contributed by atoms with Crippen molar-refractivity contribution in [1.82, 2.24) is 0 Å². The van der Waals surface area contributed by atoms with Crippen LogP contribution >= 0.6 is 11.3 Å². The molecule has 3 heteroatoms. The fourth-order valence-electron chi connectivity index (χ4n) is 1.49. The van der Waals surface area contributed by atoms with E-state index < -0.39 is 6.10 Å². The van der Waals surface area contributed by atoms with Gasteiger partial charge < -0.3 is 9.84 Å². The molecule has 0 radical (unpaired) electrons. The third-order valence-electron chi connectivity index (χ3n) is 2.34. The molecule has 1 heterocycles. The molecule has 0 spiro atoms. The van der Waals surface area contributed by atoms with Crippen LogP contribution in [0.2, 0.25) is 0 Å². The van der Waals surface area contributed by atoms with E-state index in [1.807, 2.05) is 35.7 Å². The van der Waals surface area contributed by atoms with Crippen molar-refractivity contribution in [2.75, 3.05) is 0 Å². The van der Waals surface area contributed by atoms with Gasteiger partial charge in [0.05, 0.1) is 6.10 Å². The summed E-state index contributed by atoms with van der Waals surface area (Å²) >= 11 is 1.66. The van der Waals surface area contributed by atoms with E-state index in [1.54, 1.807) is 18.3 Å². The number of thiophene rings is 1.